The van der Waals surface area contributed by atoms with E-state index in [1.54, 1.807) is 17.8 Å². The molecule has 0 heterocycles. The maximum Gasteiger partial charge on any atom is 0.136 e. The van der Waals surface area contributed by atoms with Crippen LogP contribution in [0.3, 0.4) is 0 Å². The van der Waals surface area contributed by atoms with Crippen LogP contribution in [0.25, 0.3) is 0 Å². The van der Waals surface area contributed by atoms with Crippen molar-refractivity contribution in [2.75, 3.05) is 18.6 Å². The second-order valence-corrected chi connectivity index (χ2v) is 4.26. The Bertz CT molecular complexity index is 280. The fourth-order valence-corrected chi connectivity index (χ4v) is 1.43. The van der Waals surface area contributed by atoms with Crippen molar-refractivity contribution in [1.82, 2.24) is 0 Å². The van der Waals surface area contributed by atoms with Crippen molar-refractivity contribution >= 4 is 27.7 Å². The first kappa shape index (κ1) is 10.9. The second-order valence-electron chi connectivity index (χ2n) is 2.42. The van der Waals surface area contributed by atoms with E-state index in [0.717, 1.165) is 10.2 Å². The van der Waals surface area contributed by atoms with Gasteiger partial charge in [0.2, 0.25) is 0 Å². The van der Waals surface area contributed by atoms with E-state index >= 15 is 0 Å². The molecule has 0 amide bonds. The van der Waals surface area contributed by atoms with E-state index in [9.17, 15) is 4.39 Å². The molecule has 0 radical (unpaired) electrons. The molecule has 0 saturated carbocycles. The predicted molar refractivity (Wildman–Crippen MR) is 58.0 cm³/mol. The fraction of sp³-hybridized carbons (Fsp3) is 0.333. The fourth-order valence-electron chi connectivity index (χ4n) is 0.823. The molecular weight excluding hydrogens is 255 g/mol. The third-order valence-corrected chi connectivity index (χ3v) is 2.67. The van der Waals surface area contributed by atoms with E-state index in [1.165, 1.54) is 12.1 Å². The van der Waals surface area contributed by atoms with Crippen LogP contribution < -0.4 is 4.74 Å². The standard InChI is InChI=1S/C9H10BrFOS/c1-13-5-4-12-9-6-7(11)2-3-8(9)10/h2-3,6H,4-5H2,1H3. The van der Waals surface area contributed by atoms with Crippen LogP contribution in [-0.2, 0) is 0 Å². The third-order valence-electron chi connectivity index (χ3n) is 1.44. The Labute approximate surface area is 89.8 Å². The Morgan fingerprint density at radius 3 is 3.00 bits per heavy atom. The van der Waals surface area contributed by atoms with Gasteiger partial charge in [-0.3, -0.25) is 0 Å². The van der Waals surface area contributed by atoms with Gasteiger partial charge in [0.25, 0.3) is 0 Å². The summed E-state index contributed by atoms with van der Waals surface area (Å²) >= 11 is 4.98. The molecule has 72 valence electrons. The van der Waals surface area contributed by atoms with E-state index in [0.29, 0.717) is 12.4 Å². The number of hydrogen-bond donors (Lipinski definition) is 0. The monoisotopic (exact) mass is 264 g/mol. The summed E-state index contributed by atoms with van der Waals surface area (Å²) in [5.41, 5.74) is 0. The first-order chi connectivity index (χ1) is 6.24. The summed E-state index contributed by atoms with van der Waals surface area (Å²) in [6.07, 6.45) is 2.00. The normalized spacial score (nSPS) is 10.1. The topological polar surface area (TPSA) is 9.23 Å². The maximum atomic E-state index is 12.8. The van der Waals surface area contributed by atoms with E-state index in [2.05, 4.69) is 15.9 Å². The van der Waals surface area contributed by atoms with Crippen LogP contribution in [0.15, 0.2) is 22.7 Å². The molecule has 4 heteroatoms. The van der Waals surface area contributed by atoms with E-state index < -0.39 is 0 Å². The molecule has 1 aromatic rings. The van der Waals surface area contributed by atoms with Crippen LogP contribution in [0.4, 0.5) is 4.39 Å². The lowest BCUT2D eigenvalue weighted by atomic mass is 10.3. The van der Waals surface area contributed by atoms with Gasteiger partial charge in [0, 0.05) is 11.8 Å². The minimum absolute atomic E-state index is 0.276. The van der Waals surface area contributed by atoms with Crippen molar-refractivity contribution in [1.29, 1.82) is 0 Å². The molecule has 0 bridgehead atoms. The first-order valence-corrected chi connectivity index (χ1v) is 5.99. The average molecular weight is 265 g/mol. The molecule has 0 aromatic heterocycles. The van der Waals surface area contributed by atoms with Crippen molar-refractivity contribution in [2.45, 2.75) is 0 Å². The van der Waals surface area contributed by atoms with Crippen molar-refractivity contribution < 1.29 is 9.13 Å². The number of hydrogen-bond acceptors (Lipinski definition) is 2. The quantitative estimate of drug-likeness (QED) is 0.772. The van der Waals surface area contributed by atoms with Crippen molar-refractivity contribution in [3.05, 3.63) is 28.5 Å². The van der Waals surface area contributed by atoms with E-state index in [4.69, 9.17) is 4.74 Å². The number of halogens is 2. The summed E-state index contributed by atoms with van der Waals surface area (Å²) in [4.78, 5) is 0. The van der Waals surface area contributed by atoms with E-state index in [-0.39, 0.29) is 5.82 Å². The Morgan fingerprint density at radius 2 is 2.31 bits per heavy atom. The van der Waals surface area contributed by atoms with E-state index in [1.807, 2.05) is 6.26 Å². The van der Waals surface area contributed by atoms with Crippen LogP contribution in [-0.4, -0.2) is 18.6 Å². The highest BCUT2D eigenvalue weighted by Gasteiger charge is 2.01. The van der Waals surface area contributed by atoms with Gasteiger partial charge in [0.1, 0.15) is 11.6 Å². The van der Waals surface area contributed by atoms with Gasteiger partial charge in [-0.25, -0.2) is 4.39 Å². The summed E-state index contributed by atoms with van der Waals surface area (Å²) in [5.74, 6) is 1.19. The van der Waals surface area contributed by atoms with Gasteiger partial charge in [-0.05, 0) is 34.3 Å². The van der Waals surface area contributed by atoms with Crippen LogP contribution in [0, 0.1) is 5.82 Å². The summed E-state index contributed by atoms with van der Waals surface area (Å²) < 4.78 is 18.9. The summed E-state index contributed by atoms with van der Waals surface area (Å²) in [7, 11) is 0. The van der Waals surface area contributed by atoms with Crippen LogP contribution in [0.1, 0.15) is 0 Å². The highest BCUT2D eigenvalue weighted by molar-refractivity contribution is 9.10. The Balaban J connectivity index is 2.59. The summed E-state index contributed by atoms with van der Waals surface area (Å²) in [5, 5.41) is 0. The molecule has 1 nitrogen and oxygen atoms in total. The predicted octanol–water partition coefficient (Wildman–Crippen LogP) is 3.33. The lowest BCUT2D eigenvalue weighted by Gasteiger charge is -2.06. The maximum absolute atomic E-state index is 12.8. The highest BCUT2D eigenvalue weighted by Crippen LogP contribution is 2.25. The number of rotatable bonds is 4. The number of benzene rings is 1. The zero-order chi connectivity index (χ0) is 9.68. The summed E-state index contributed by atoms with van der Waals surface area (Å²) in [6, 6.07) is 4.42. The van der Waals surface area contributed by atoms with Crippen LogP contribution in [0.2, 0.25) is 0 Å². The molecule has 0 aliphatic carbocycles. The molecule has 0 N–H and O–H groups in total. The average Bonchev–Trinajstić information content (AvgIpc) is 2.11. The molecule has 0 unspecified atom stereocenters. The molecule has 0 saturated heterocycles. The van der Waals surface area contributed by atoms with Gasteiger partial charge in [-0.2, -0.15) is 11.8 Å². The molecule has 1 rings (SSSR count). The molecular formula is C9H10BrFOS. The van der Waals surface area contributed by atoms with Crippen molar-refractivity contribution in [3.63, 3.8) is 0 Å². The minimum Gasteiger partial charge on any atom is -0.491 e. The molecule has 0 aliphatic heterocycles. The van der Waals surface area contributed by atoms with Crippen molar-refractivity contribution in [3.8, 4) is 5.75 Å². The minimum atomic E-state index is -0.276. The Hall–Kier alpha value is -0.220. The Morgan fingerprint density at radius 1 is 1.54 bits per heavy atom. The lowest BCUT2D eigenvalue weighted by molar-refractivity contribution is 0.340. The van der Waals surface area contributed by atoms with Crippen LogP contribution >= 0.6 is 27.7 Å². The molecule has 1 aromatic carbocycles. The SMILES string of the molecule is CSCCOc1cc(F)ccc1Br. The van der Waals surface area contributed by atoms with Gasteiger partial charge >= 0.3 is 0 Å². The lowest BCUT2D eigenvalue weighted by Crippen LogP contribution is -2.00. The molecule has 0 spiro atoms. The molecule has 0 aliphatic rings. The van der Waals surface area contributed by atoms with Gasteiger partial charge in [0.15, 0.2) is 0 Å². The number of thioether (sulfide) groups is 1. The molecule has 0 fully saturated rings. The Kier molecular flexibility index (Phi) is 4.59. The third kappa shape index (κ3) is 3.56. The molecule has 0 atom stereocenters. The highest BCUT2D eigenvalue weighted by atomic mass is 79.9. The largest absolute Gasteiger partial charge is 0.491 e. The smallest absolute Gasteiger partial charge is 0.136 e. The van der Waals surface area contributed by atoms with Gasteiger partial charge in [0.05, 0.1) is 11.1 Å². The van der Waals surface area contributed by atoms with Crippen molar-refractivity contribution in [2.24, 2.45) is 0 Å². The number of ether oxygens (including phenoxy) is 1. The van der Waals surface area contributed by atoms with Gasteiger partial charge < -0.3 is 4.74 Å². The summed E-state index contributed by atoms with van der Waals surface area (Å²) in [6.45, 7) is 0.600. The first-order valence-electron chi connectivity index (χ1n) is 3.81. The van der Waals surface area contributed by atoms with Gasteiger partial charge in [-0.15, -0.1) is 0 Å². The molecule has 13 heavy (non-hydrogen) atoms. The van der Waals surface area contributed by atoms with Crippen LogP contribution in [0.5, 0.6) is 5.75 Å². The van der Waals surface area contributed by atoms with Gasteiger partial charge in [-0.1, -0.05) is 0 Å². The zero-order valence-electron chi connectivity index (χ0n) is 7.22. The second kappa shape index (κ2) is 5.50. The zero-order valence-corrected chi connectivity index (χ0v) is 9.62.